The van der Waals surface area contributed by atoms with Crippen LogP contribution in [-0.4, -0.2) is 36.9 Å². The normalized spacial score (nSPS) is 11.7. The molecule has 0 bridgehead atoms. The molecule has 0 radical (unpaired) electrons. The number of pyridine rings is 1. The zero-order valence-corrected chi connectivity index (χ0v) is 16.5. The Kier molecular flexibility index (Phi) is 4.63. The first-order valence-electron chi connectivity index (χ1n) is 9.17. The Bertz CT molecular complexity index is 1180. The average molecular weight is 390 g/mol. The molecule has 4 rings (SSSR count). The van der Waals surface area contributed by atoms with Crippen molar-refractivity contribution in [1.82, 2.24) is 24.7 Å². The van der Waals surface area contributed by atoms with Crippen LogP contribution < -0.4 is 10.5 Å². The highest BCUT2D eigenvalue weighted by Gasteiger charge is 2.18. The van der Waals surface area contributed by atoms with Crippen LogP contribution in [0, 0.1) is 0 Å². The summed E-state index contributed by atoms with van der Waals surface area (Å²) in [6, 6.07) is 11.2. The molecule has 0 aliphatic rings. The Hall–Kier alpha value is -3.52. The molecule has 3 aromatic heterocycles. The molecule has 3 heterocycles. The standard InChI is InChI=1S/C21H22N6O2/c1-21(2,28)17-9-4-6-14(24-17)12-27-11-13(10-23-27)18-15-7-5-8-16(29-3)19(15)26-20(22)25-18/h4-11,28H,12H2,1-3H3,(H2,22,25,26). The molecule has 0 fully saturated rings. The third-order valence-corrected chi connectivity index (χ3v) is 4.59. The van der Waals surface area contributed by atoms with Gasteiger partial charge in [0.2, 0.25) is 5.95 Å². The topological polar surface area (TPSA) is 112 Å². The summed E-state index contributed by atoms with van der Waals surface area (Å²) in [7, 11) is 1.60. The smallest absolute Gasteiger partial charge is 0.221 e. The quantitative estimate of drug-likeness (QED) is 0.539. The highest BCUT2D eigenvalue weighted by molar-refractivity contribution is 5.96. The fraction of sp³-hybridized carbons (Fsp3) is 0.238. The number of fused-ring (bicyclic) bond motifs is 1. The molecule has 8 heteroatoms. The number of aromatic nitrogens is 5. The van der Waals surface area contributed by atoms with Crippen LogP contribution in [0.5, 0.6) is 5.75 Å². The van der Waals surface area contributed by atoms with E-state index in [-0.39, 0.29) is 5.95 Å². The fourth-order valence-electron chi connectivity index (χ4n) is 3.17. The summed E-state index contributed by atoms with van der Waals surface area (Å²) < 4.78 is 7.17. The van der Waals surface area contributed by atoms with Crippen molar-refractivity contribution in [3.63, 3.8) is 0 Å². The Balaban J connectivity index is 1.70. The summed E-state index contributed by atoms with van der Waals surface area (Å²) in [6.45, 7) is 3.89. The second-order valence-electron chi connectivity index (χ2n) is 7.29. The van der Waals surface area contributed by atoms with E-state index in [1.165, 1.54) is 0 Å². The van der Waals surface area contributed by atoms with Crippen molar-refractivity contribution in [2.75, 3.05) is 12.8 Å². The Morgan fingerprint density at radius 2 is 1.90 bits per heavy atom. The molecule has 8 nitrogen and oxygen atoms in total. The molecule has 0 atom stereocenters. The van der Waals surface area contributed by atoms with Crippen molar-refractivity contribution in [1.29, 1.82) is 0 Å². The number of anilines is 1. The lowest BCUT2D eigenvalue weighted by Gasteiger charge is -2.17. The first-order chi connectivity index (χ1) is 13.8. The zero-order valence-electron chi connectivity index (χ0n) is 16.5. The SMILES string of the molecule is COc1cccc2c(-c3cnn(Cc4cccc(C(C)(C)O)n4)c3)nc(N)nc12. The zero-order chi connectivity index (χ0) is 20.6. The first-order valence-corrected chi connectivity index (χ1v) is 9.17. The van der Waals surface area contributed by atoms with E-state index in [9.17, 15) is 5.11 Å². The predicted molar refractivity (Wildman–Crippen MR) is 110 cm³/mol. The molecule has 0 saturated carbocycles. The number of hydrogen-bond donors (Lipinski definition) is 2. The van der Waals surface area contributed by atoms with Gasteiger partial charge in [0, 0.05) is 17.1 Å². The minimum atomic E-state index is -0.998. The molecule has 1 aromatic carbocycles. The molecule has 0 aliphatic heterocycles. The Morgan fingerprint density at radius 3 is 2.66 bits per heavy atom. The monoisotopic (exact) mass is 390 g/mol. The molecule has 0 unspecified atom stereocenters. The maximum Gasteiger partial charge on any atom is 0.221 e. The number of nitrogens with two attached hydrogens (primary N) is 1. The number of nitrogens with zero attached hydrogens (tertiary/aromatic N) is 5. The molecular weight excluding hydrogens is 368 g/mol. The maximum absolute atomic E-state index is 10.2. The Morgan fingerprint density at radius 1 is 1.10 bits per heavy atom. The van der Waals surface area contributed by atoms with E-state index in [1.807, 2.05) is 36.5 Å². The molecule has 0 spiro atoms. The van der Waals surface area contributed by atoms with Gasteiger partial charge in [0.1, 0.15) is 16.9 Å². The van der Waals surface area contributed by atoms with E-state index < -0.39 is 5.60 Å². The third kappa shape index (κ3) is 3.74. The van der Waals surface area contributed by atoms with Gasteiger partial charge in [-0.2, -0.15) is 5.10 Å². The highest BCUT2D eigenvalue weighted by atomic mass is 16.5. The summed E-state index contributed by atoms with van der Waals surface area (Å²) in [5.74, 6) is 0.808. The van der Waals surface area contributed by atoms with Crippen LogP contribution in [0.4, 0.5) is 5.95 Å². The minimum Gasteiger partial charge on any atom is -0.494 e. The van der Waals surface area contributed by atoms with Crippen LogP contribution in [0.1, 0.15) is 25.2 Å². The third-order valence-electron chi connectivity index (χ3n) is 4.59. The summed E-state index contributed by atoms with van der Waals surface area (Å²) in [4.78, 5) is 13.3. The minimum absolute atomic E-state index is 0.171. The number of para-hydroxylation sites is 1. The van der Waals surface area contributed by atoms with Gasteiger partial charge in [-0.3, -0.25) is 9.67 Å². The number of nitrogen functional groups attached to an aromatic ring is 1. The lowest BCUT2D eigenvalue weighted by molar-refractivity contribution is 0.0736. The van der Waals surface area contributed by atoms with Crippen molar-refractivity contribution in [2.24, 2.45) is 0 Å². The number of methoxy groups -OCH3 is 1. The van der Waals surface area contributed by atoms with E-state index in [1.54, 1.807) is 37.9 Å². The van der Waals surface area contributed by atoms with Gasteiger partial charge in [-0.15, -0.1) is 0 Å². The van der Waals surface area contributed by atoms with Crippen LogP contribution in [0.15, 0.2) is 48.8 Å². The van der Waals surface area contributed by atoms with Gasteiger partial charge in [0.15, 0.2) is 0 Å². The second-order valence-corrected chi connectivity index (χ2v) is 7.29. The summed E-state index contributed by atoms with van der Waals surface area (Å²) in [6.07, 6.45) is 3.62. The van der Waals surface area contributed by atoms with E-state index >= 15 is 0 Å². The number of hydrogen-bond acceptors (Lipinski definition) is 7. The van der Waals surface area contributed by atoms with Gasteiger partial charge in [0.05, 0.1) is 36.9 Å². The summed E-state index contributed by atoms with van der Waals surface area (Å²) in [5, 5.41) is 15.5. The first kappa shape index (κ1) is 18.8. The van der Waals surface area contributed by atoms with Crippen LogP contribution in [-0.2, 0) is 12.1 Å². The van der Waals surface area contributed by atoms with Gasteiger partial charge in [0.25, 0.3) is 0 Å². The molecule has 0 amide bonds. The lowest BCUT2D eigenvalue weighted by atomic mass is 10.0. The van der Waals surface area contributed by atoms with Gasteiger partial charge in [-0.25, -0.2) is 9.97 Å². The van der Waals surface area contributed by atoms with Crippen LogP contribution in [0.3, 0.4) is 0 Å². The van der Waals surface area contributed by atoms with Crippen molar-refractivity contribution in [2.45, 2.75) is 26.0 Å². The largest absolute Gasteiger partial charge is 0.494 e. The summed E-state index contributed by atoms with van der Waals surface area (Å²) >= 11 is 0. The number of ether oxygens (including phenoxy) is 1. The molecule has 0 saturated heterocycles. The number of benzene rings is 1. The van der Waals surface area contributed by atoms with Crippen molar-refractivity contribution < 1.29 is 9.84 Å². The Labute approximate surface area is 168 Å². The van der Waals surface area contributed by atoms with E-state index in [0.29, 0.717) is 29.2 Å². The second kappa shape index (κ2) is 7.14. The molecule has 3 N–H and O–H groups in total. The van der Waals surface area contributed by atoms with E-state index in [4.69, 9.17) is 10.5 Å². The van der Waals surface area contributed by atoms with Crippen LogP contribution in [0.25, 0.3) is 22.2 Å². The summed E-state index contributed by atoms with van der Waals surface area (Å²) in [5.41, 5.74) is 8.51. The fourth-order valence-corrected chi connectivity index (χ4v) is 3.17. The lowest BCUT2D eigenvalue weighted by Crippen LogP contribution is -2.18. The number of aliphatic hydroxyl groups is 1. The van der Waals surface area contributed by atoms with Crippen molar-refractivity contribution in [3.8, 4) is 17.0 Å². The van der Waals surface area contributed by atoms with Crippen LogP contribution in [0.2, 0.25) is 0 Å². The van der Waals surface area contributed by atoms with Gasteiger partial charge >= 0.3 is 0 Å². The number of rotatable bonds is 5. The van der Waals surface area contributed by atoms with E-state index in [0.717, 1.165) is 16.6 Å². The predicted octanol–water partition coefficient (Wildman–Crippen LogP) is 2.75. The van der Waals surface area contributed by atoms with Crippen molar-refractivity contribution >= 4 is 16.9 Å². The van der Waals surface area contributed by atoms with Crippen LogP contribution >= 0.6 is 0 Å². The van der Waals surface area contributed by atoms with Gasteiger partial charge in [-0.1, -0.05) is 18.2 Å². The molecular formula is C21H22N6O2. The maximum atomic E-state index is 10.2. The van der Waals surface area contributed by atoms with Crippen molar-refractivity contribution in [3.05, 3.63) is 60.2 Å². The highest BCUT2D eigenvalue weighted by Crippen LogP contribution is 2.31. The molecule has 148 valence electrons. The van der Waals surface area contributed by atoms with E-state index in [2.05, 4.69) is 20.1 Å². The van der Waals surface area contributed by atoms with Gasteiger partial charge < -0.3 is 15.6 Å². The molecule has 0 aliphatic carbocycles. The molecule has 4 aromatic rings. The van der Waals surface area contributed by atoms with Gasteiger partial charge in [-0.05, 0) is 32.0 Å². The molecule has 29 heavy (non-hydrogen) atoms. The average Bonchev–Trinajstić information content (AvgIpc) is 3.14.